The summed E-state index contributed by atoms with van der Waals surface area (Å²) >= 11 is 0. The number of rotatable bonds is 4. The summed E-state index contributed by atoms with van der Waals surface area (Å²) in [6.07, 6.45) is 1.33. The molecule has 122 valence electrons. The number of aromatic nitrogens is 1. The molecule has 0 bridgehead atoms. The van der Waals surface area contributed by atoms with Gasteiger partial charge in [-0.15, -0.1) is 0 Å². The van der Waals surface area contributed by atoms with Crippen LogP contribution in [0, 0.1) is 19.8 Å². The van der Waals surface area contributed by atoms with Crippen LogP contribution in [0.3, 0.4) is 0 Å². The van der Waals surface area contributed by atoms with Crippen LogP contribution in [0.15, 0.2) is 34.9 Å². The molecule has 2 atom stereocenters. The van der Waals surface area contributed by atoms with E-state index in [1.165, 1.54) is 37.2 Å². The number of benzene rings is 1. The van der Waals surface area contributed by atoms with Crippen LogP contribution in [-0.4, -0.2) is 40.6 Å². The minimum absolute atomic E-state index is 0.704. The summed E-state index contributed by atoms with van der Waals surface area (Å²) in [4.78, 5) is 5.26. The molecule has 4 rings (SSSR count). The van der Waals surface area contributed by atoms with Gasteiger partial charge in [0, 0.05) is 37.8 Å². The van der Waals surface area contributed by atoms with Gasteiger partial charge in [0.15, 0.2) is 0 Å². The number of nitrogens with zero attached hydrogens (tertiary/aromatic N) is 3. The summed E-state index contributed by atoms with van der Waals surface area (Å²) in [7, 11) is 0. The first-order chi connectivity index (χ1) is 11.2. The van der Waals surface area contributed by atoms with E-state index in [2.05, 4.69) is 45.3 Å². The largest absolute Gasteiger partial charge is 0.361 e. The molecule has 0 N–H and O–H groups in total. The van der Waals surface area contributed by atoms with E-state index in [1.54, 1.807) is 0 Å². The van der Waals surface area contributed by atoms with Gasteiger partial charge >= 0.3 is 0 Å². The summed E-state index contributed by atoms with van der Waals surface area (Å²) in [5.41, 5.74) is 3.75. The van der Waals surface area contributed by atoms with E-state index >= 15 is 0 Å². The van der Waals surface area contributed by atoms with Crippen LogP contribution in [0.2, 0.25) is 0 Å². The minimum Gasteiger partial charge on any atom is -0.361 e. The fourth-order valence-corrected chi connectivity index (χ4v) is 4.23. The number of hydrogen-bond acceptors (Lipinski definition) is 4. The highest BCUT2D eigenvalue weighted by Gasteiger charge is 2.41. The first-order valence-electron chi connectivity index (χ1n) is 8.63. The maximum atomic E-state index is 5.31. The lowest BCUT2D eigenvalue weighted by Crippen LogP contribution is -2.34. The fraction of sp³-hybridized carbons (Fsp3) is 0.526. The van der Waals surface area contributed by atoms with Gasteiger partial charge in [-0.2, -0.15) is 0 Å². The molecule has 2 saturated heterocycles. The molecular weight excluding hydrogens is 286 g/mol. The molecule has 1 aromatic heterocycles. The molecule has 0 aliphatic carbocycles. The Bertz CT molecular complexity index is 647. The smallest absolute Gasteiger partial charge is 0.138 e. The summed E-state index contributed by atoms with van der Waals surface area (Å²) in [6.45, 7) is 9.75. The summed E-state index contributed by atoms with van der Waals surface area (Å²) < 4.78 is 5.31. The van der Waals surface area contributed by atoms with E-state index in [-0.39, 0.29) is 0 Å². The van der Waals surface area contributed by atoms with Crippen molar-refractivity contribution in [3.8, 4) is 0 Å². The highest BCUT2D eigenvalue weighted by Crippen LogP contribution is 2.33. The number of hydrogen-bond donors (Lipinski definition) is 0. The van der Waals surface area contributed by atoms with E-state index < -0.39 is 0 Å². The zero-order chi connectivity index (χ0) is 15.8. The molecule has 0 radical (unpaired) electrons. The Labute approximate surface area is 138 Å². The molecule has 0 saturated carbocycles. The second-order valence-electron chi connectivity index (χ2n) is 7.07. The lowest BCUT2D eigenvalue weighted by atomic mass is 10.0. The molecule has 2 aliphatic rings. The van der Waals surface area contributed by atoms with Crippen molar-refractivity contribution in [3.05, 3.63) is 52.9 Å². The van der Waals surface area contributed by atoms with Gasteiger partial charge in [0.2, 0.25) is 0 Å². The fourth-order valence-electron chi connectivity index (χ4n) is 4.23. The van der Waals surface area contributed by atoms with E-state index in [9.17, 15) is 0 Å². The van der Waals surface area contributed by atoms with Crippen LogP contribution in [-0.2, 0) is 13.1 Å². The molecule has 3 heterocycles. The molecular formula is C19H25N3O. The molecule has 0 unspecified atom stereocenters. The Morgan fingerprint density at radius 3 is 2.70 bits per heavy atom. The van der Waals surface area contributed by atoms with Crippen LogP contribution in [0.5, 0.6) is 0 Å². The quantitative estimate of drug-likeness (QED) is 0.869. The number of likely N-dealkylation sites (tertiary alicyclic amines) is 2. The van der Waals surface area contributed by atoms with E-state index in [0.717, 1.165) is 30.5 Å². The van der Waals surface area contributed by atoms with Gasteiger partial charge in [-0.3, -0.25) is 9.80 Å². The van der Waals surface area contributed by atoms with Gasteiger partial charge in [-0.25, -0.2) is 0 Å². The van der Waals surface area contributed by atoms with Crippen molar-refractivity contribution in [2.75, 3.05) is 19.6 Å². The van der Waals surface area contributed by atoms with Gasteiger partial charge in [0.05, 0.1) is 5.69 Å². The average Bonchev–Trinajstić information content (AvgIpc) is 3.21. The van der Waals surface area contributed by atoms with Crippen LogP contribution in [0.1, 0.15) is 29.0 Å². The van der Waals surface area contributed by atoms with Crippen LogP contribution in [0.25, 0.3) is 0 Å². The second-order valence-corrected chi connectivity index (χ2v) is 7.07. The predicted molar refractivity (Wildman–Crippen MR) is 90.0 cm³/mol. The molecule has 2 aliphatic heterocycles. The highest BCUT2D eigenvalue weighted by molar-refractivity contribution is 5.21. The molecule has 1 aromatic carbocycles. The van der Waals surface area contributed by atoms with Crippen molar-refractivity contribution in [2.45, 2.75) is 39.4 Å². The SMILES string of the molecule is Cc1noc(C)c1CN1C[C@@H]2CCN(Cc3ccccc3)[C@H]2C1. The van der Waals surface area contributed by atoms with E-state index in [4.69, 9.17) is 4.52 Å². The minimum atomic E-state index is 0.704. The third-order valence-corrected chi connectivity index (χ3v) is 5.53. The normalized spacial score (nSPS) is 25.1. The topological polar surface area (TPSA) is 32.5 Å². The van der Waals surface area contributed by atoms with Crippen LogP contribution in [0.4, 0.5) is 0 Å². The van der Waals surface area contributed by atoms with E-state index in [1.807, 2.05) is 13.8 Å². The Hall–Kier alpha value is -1.65. The molecule has 2 fully saturated rings. The van der Waals surface area contributed by atoms with Crippen molar-refractivity contribution < 1.29 is 4.52 Å². The van der Waals surface area contributed by atoms with Gasteiger partial charge in [0.1, 0.15) is 5.76 Å². The zero-order valence-corrected chi connectivity index (χ0v) is 14.0. The molecule has 0 spiro atoms. The highest BCUT2D eigenvalue weighted by atomic mass is 16.5. The summed E-state index contributed by atoms with van der Waals surface area (Å²) in [6, 6.07) is 11.6. The molecule has 4 nitrogen and oxygen atoms in total. The summed E-state index contributed by atoms with van der Waals surface area (Å²) in [5, 5.41) is 4.09. The van der Waals surface area contributed by atoms with Gasteiger partial charge in [-0.05, 0) is 38.3 Å². The zero-order valence-electron chi connectivity index (χ0n) is 14.0. The lowest BCUT2D eigenvalue weighted by Gasteiger charge is -2.24. The molecule has 4 heteroatoms. The maximum Gasteiger partial charge on any atom is 0.138 e. The molecule has 23 heavy (non-hydrogen) atoms. The Kier molecular flexibility index (Phi) is 3.95. The first-order valence-corrected chi connectivity index (χ1v) is 8.63. The van der Waals surface area contributed by atoms with Crippen LogP contribution >= 0.6 is 0 Å². The predicted octanol–water partition coefficient (Wildman–Crippen LogP) is 3.00. The number of aryl methyl sites for hydroxylation is 2. The second kappa shape index (κ2) is 6.10. The lowest BCUT2D eigenvalue weighted by molar-refractivity contribution is 0.214. The van der Waals surface area contributed by atoms with Gasteiger partial charge in [0.25, 0.3) is 0 Å². The average molecular weight is 311 g/mol. The third kappa shape index (κ3) is 2.93. The van der Waals surface area contributed by atoms with Gasteiger partial charge in [-0.1, -0.05) is 35.5 Å². The van der Waals surface area contributed by atoms with Crippen molar-refractivity contribution >= 4 is 0 Å². The van der Waals surface area contributed by atoms with Crippen molar-refractivity contribution in [2.24, 2.45) is 5.92 Å². The molecule has 2 aromatic rings. The maximum absolute atomic E-state index is 5.31. The van der Waals surface area contributed by atoms with Gasteiger partial charge < -0.3 is 4.52 Å². The van der Waals surface area contributed by atoms with Crippen molar-refractivity contribution in [3.63, 3.8) is 0 Å². The summed E-state index contributed by atoms with van der Waals surface area (Å²) in [5.74, 6) is 1.79. The third-order valence-electron chi connectivity index (χ3n) is 5.53. The Morgan fingerprint density at radius 2 is 1.96 bits per heavy atom. The Balaban J connectivity index is 1.41. The first kappa shape index (κ1) is 14.9. The van der Waals surface area contributed by atoms with Crippen LogP contribution < -0.4 is 0 Å². The Morgan fingerprint density at radius 1 is 1.13 bits per heavy atom. The van der Waals surface area contributed by atoms with Crippen molar-refractivity contribution in [1.29, 1.82) is 0 Å². The standard InChI is InChI=1S/C19H25N3O/c1-14-18(15(2)23-20-14)12-21-11-17-8-9-22(19(17)13-21)10-16-6-4-3-5-7-16/h3-7,17,19H,8-13H2,1-2H3/t17-,19-/m0/s1. The van der Waals surface area contributed by atoms with Crippen molar-refractivity contribution in [1.82, 2.24) is 15.0 Å². The monoisotopic (exact) mass is 311 g/mol. The molecule has 0 amide bonds. The van der Waals surface area contributed by atoms with E-state index in [0.29, 0.717) is 6.04 Å². The number of fused-ring (bicyclic) bond motifs is 1.